The Labute approximate surface area is 118 Å². The third kappa shape index (κ3) is 6.58. The maximum atomic E-state index is 2.34. The molecule has 0 N–H and O–H groups in total. The van der Waals surface area contributed by atoms with Gasteiger partial charge in [0.05, 0.1) is 0 Å². The number of unbranched alkanes of at least 4 members (excludes halogenated alkanes) is 6. The monoisotopic (exact) mass is 266 g/mol. The van der Waals surface area contributed by atoms with E-state index in [-0.39, 0.29) is 0 Å². The van der Waals surface area contributed by atoms with Gasteiger partial charge < -0.3 is 0 Å². The van der Waals surface area contributed by atoms with Crippen molar-refractivity contribution in [3.63, 3.8) is 0 Å². The fraction of sp³-hybridized carbons (Fsp3) is 0.765. The molecular formula is C17H30S. The van der Waals surface area contributed by atoms with Crippen molar-refractivity contribution >= 4 is 11.3 Å². The first kappa shape index (κ1) is 15.8. The highest BCUT2D eigenvalue weighted by atomic mass is 32.1. The van der Waals surface area contributed by atoms with Crippen LogP contribution in [-0.4, -0.2) is 0 Å². The molecule has 0 radical (unpaired) electrons. The van der Waals surface area contributed by atoms with Crippen LogP contribution >= 0.6 is 11.3 Å². The smallest absolute Gasteiger partial charge is 0.00761 e. The summed E-state index contributed by atoms with van der Waals surface area (Å²) in [6, 6.07) is 4.56. The quantitative estimate of drug-likeness (QED) is 0.387. The fourth-order valence-corrected chi connectivity index (χ4v) is 3.49. The number of hydrogen-bond acceptors (Lipinski definition) is 1. The zero-order valence-corrected chi connectivity index (χ0v) is 13.1. The van der Waals surface area contributed by atoms with Gasteiger partial charge in [0, 0.05) is 4.88 Å². The predicted molar refractivity (Wildman–Crippen MR) is 84.6 cm³/mol. The SMILES string of the molecule is CCCCCCC(CCCCCC)c1cccs1. The van der Waals surface area contributed by atoms with Crippen LogP contribution in [0.4, 0.5) is 0 Å². The molecule has 104 valence electrons. The van der Waals surface area contributed by atoms with Gasteiger partial charge in [0.15, 0.2) is 0 Å². The van der Waals surface area contributed by atoms with Gasteiger partial charge in [-0.15, -0.1) is 11.3 Å². The van der Waals surface area contributed by atoms with Gasteiger partial charge in [-0.2, -0.15) is 0 Å². The average molecular weight is 266 g/mol. The molecule has 18 heavy (non-hydrogen) atoms. The summed E-state index contributed by atoms with van der Waals surface area (Å²) < 4.78 is 0. The van der Waals surface area contributed by atoms with Gasteiger partial charge in [-0.05, 0) is 30.2 Å². The molecule has 1 rings (SSSR count). The molecule has 0 amide bonds. The number of thiophene rings is 1. The minimum atomic E-state index is 0.846. The first-order chi connectivity index (χ1) is 8.88. The highest BCUT2D eigenvalue weighted by Gasteiger charge is 2.11. The van der Waals surface area contributed by atoms with Crippen molar-refractivity contribution in [2.24, 2.45) is 0 Å². The van der Waals surface area contributed by atoms with Crippen LogP contribution in [-0.2, 0) is 0 Å². The largest absolute Gasteiger partial charge is 0.149 e. The molecule has 0 unspecified atom stereocenters. The van der Waals surface area contributed by atoms with Crippen LogP contribution in [0.3, 0.4) is 0 Å². The van der Waals surface area contributed by atoms with E-state index in [1.165, 1.54) is 64.2 Å². The molecule has 0 atom stereocenters. The summed E-state index contributed by atoms with van der Waals surface area (Å²) in [4.78, 5) is 1.63. The van der Waals surface area contributed by atoms with Crippen LogP contribution in [0, 0.1) is 0 Å². The van der Waals surface area contributed by atoms with Crippen LogP contribution < -0.4 is 0 Å². The van der Waals surface area contributed by atoms with E-state index in [4.69, 9.17) is 0 Å². The molecule has 0 aliphatic carbocycles. The van der Waals surface area contributed by atoms with E-state index >= 15 is 0 Å². The zero-order chi connectivity index (χ0) is 13.1. The summed E-state index contributed by atoms with van der Waals surface area (Å²) in [5.74, 6) is 0.846. The Morgan fingerprint density at radius 2 is 1.50 bits per heavy atom. The molecule has 0 fully saturated rings. The van der Waals surface area contributed by atoms with E-state index in [2.05, 4.69) is 31.4 Å². The van der Waals surface area contributed by atoms with Gasteiger partial charge in [-0.25, -0.2) is 0 Å². The lowest BCUT2D eigenvalue weighted by atomic mass is 9.93. The first-order valence-electron chi connectivity index (χ1n) is 7.91. The minimum absolute atomic E-state index is 0.846. The van der Waals surface area contributed by atoms with Crippen LogP contribution in [0.2, 0.25) is 0 Å². The van der Waals surface area contributed by atoms with Crippen molar-refractivity contribution in [3.8, 4) is 0 Å². The first-order valence-corrected chi connectivity index (χ1v) is 8.79. The van der Waals surface area contributed by atoms with Crippen molar-refractivity contribution in [2.75, 3.05) is 0 Å². The minimum Gasteiger partial charge on any atom is -0.149 e. The molecular weight excluding hydrogens is 236 g/mol. The van der Waals surface area contributed by atoms with E-state index in [1.807, 2.05) is 11.3 Å². The number of rotatable bonds is 11. The molecule has 0 bridgehead atoms. The summed E-state index contributed by atoms with van der Waals surface area (Å²) in [5.41, 5.74) is 0. The summed E-state index contributed by atoms with van der Waals surface area (Å²) in [7, 11) is 0. The van der Waals surface area contributed by atoms with Gasteiger partial charge in [-0.3, -0.25) is 0 Å². The Balaban J connectivity index is 2.29. The molecule has 0 aromatic carbocycles. The second kappa shape index (κ2) is 10.6. The summed E-state index contributed by atoms with van der Waals surface area (Å²) in [5, 5.41) is 2.24. The van der Waals surface area contributed by atoms with Crippen LogP contribution in [0.25, 0.3) is 0 Å². The van der Waals surface area contributed by atoms with E-state index in [9.17, 15) is 0 Å². The Bertz CT molecular complexity index is 251. The van der Waals surface area contributed by atoms with Crippen molar-refractivity contribution in [3.05, 3.63) is 22.4 Å². The lowest BCUT2D eigenvalue weighted by molar-refractivity contribution is 0.501. The molecule has 0 spiro atoms. The third-order valence-corrected chi connectivity index (χ3v) is 4.79. The number of hydrogen-bond donors (Lipinski definition) is 0. The maximum absolute atomic E-state index is 2.34. The van der Waals surface area contributed by atoms with Gasteiger partial charge in [0.1, 0.15) is 0 Å². The normalized spacial score (nSPS) is 11.3. The third-order valence-electron chi connectivity index (χ3n) is 3.76. The van der Waals surface area contributed by atoms with Crippen molar-refractivity contribution in [1.82, 2.24) is 0 Å². The molecule has 1 heteroatoms. The topological polar surface area (TPSA) is 0 Å². The van der Waals surface area contributed by atoms with E-state index in [0.29, 0.717) is 0 Å². The highest BCUT2D eigenvalue weighted by Crippen LogP contribution is 2.31. The lowest BCUT2D eigenvalue weighted by Crippen LogP contribution is -1.97. The molecule has 0 nitrogen and oxygen atoms in total. The molecule has 0 aliphatic heterocycles. The Morgan fingerprint density at radius 1 is 0.889 bits per heavy atom. The average Bonchev–Trinajstić information content (AvgIpc) is 2.91. The summed E-state index contributed by atoms with van der Waals surface area (Å²) in [6.07, 6.45) is 14.0. The van der Waals surface area contributed by atoms with Crippen LogP contribution in [0.5, 0.6) is 0 Å². The summed E-state index contributed by atoms with van der Waals surface area (Å²) in [6.45, 7) is 4.59. The lowest BCUT2D eigenvalue weighted by Gasteiger charge is -2.15. The van der Waals surface area contributed by atoms with Crippen molar-refractivity contribution in [1.29, 1.82) is 0 Å². The fourth-order valence-electron chi connectivity index (χ4n) is 2.59. The maximum Gasteiger partial charge on any atom is 0.00761 e. The Hall–Kier alpha value is -0.300. The van der Waals surface area contributed by atoms with Crippen LogP contribution in [0.15, 0.2) is 17.5 Å². The van der Waals surface area contributed by atoms with E-state index in [1.54, 1.807) is 4.88 Å². The molecule has 1 aromatic heterocycles. The van der Waals surface area contributed by atoms with Gasteiger partial charge in [0.25, 0.3) is 0 Å². The molecule has 0 saturated carbocycles. The summed E-state index contributed by atoms with van der Waals surface area (Å²) >= 11 is 1.96. The second-order valence-electron chi connectivity index (χ2n) is 5.41. The van der Waals surface area contributed by atoms with Crippen molar-refractivity contribution in [2.45, 2.75) is 84.0 Å². The molecule has 1 aromatic rings. The molecule has 0 aliphatic rings. The highest BCUT2D eigenvalue weighted by molar-refractivity contribution is 7.10. The van der Waals surface area contributed by atoms with Crippen LogP contribution in [0.1, 0.15) is 88.9 Å². The van der Waals surface area contributed by atoms with E-state index < -0.39 is 0 Å². The van der Waals surface area contributed by atoms with Crippen molar-refractivity contribution < 1.29 is 0 Å². The van der Waals surface area contributed by atoms with Gasteiger partial charge in [0.2, 0.25) is 0 Å². The Morgan fingerprint density at radius 3 is 1.94 bits per heavy atom. The standard InChI is InChI=1S/C17H30S/c1-3-5-7-9-12-16(13-10-8-6-4-2)17-14-11-15-18-17/h11,14-16H,3-10,12-13H2,1-2H3. The van der Waals surface area contributed by atoms with Gasteiger partial charge in [-0.1, -0.05) is 71.3 Å². The zero-order valence-electron chi connectivity index (χ0n) is 12.3. The van der Waals surface area contributed by atoms with E-state index in [0.717, 1.165) is 5.92 Å². The molecule has 0 saturated heterocycles. The Kier molecular flexibility index (Phi) is 9.28. The van der Waals surface area contributed by atoms with Gasteiger partial charge >= 0.3 is 0 Å². The predicted octanol–water partition coefficient (Wildman–Crippen LogP) is 6.77. The molecule has 1 heterocycles. The second-order valence-corrected chi connectivity index (χ2v) is 6.39.